The quantitative estimate of drug-likeness (QED) is 0.691. The Bertz CT molecular complexity index is 105. The van der Waals surface area contributed by atoms with Crippen LogP contribution in [0.4, 0.5) is 13.2 Å². The van der Waals surface area contributed by atoms with Gasteiger partial charge >= 0.3 is 51.5 Å². The second kappa shape index (κ2) is 6.43. The first kappa shape index (κ1) is 13.3. The zero-order chi connectivity index (χ0) is 8.78. The summed E-state index contributed by atoms with van der Waals surface area (Å²) in [4.78, 5) is 8.90. The van der Waals surface area contributed by atoms with Gasteiger partial charge in [-0.25, -0.2) is 4.79 Å². The van der Waals surface area contributed by atoms with Gasteiger partial charge in [-0.05, 0) is 0 Å². The standard InChI is InChI=1S/C2HF3O2.2BrH.Ni/c3-2(4,5)1(6)7;;;/h(H,6,7);2*1H;/q;;;+2/p-2. The first-order valence-electron chi connectivity index (χ1n) is 1.48. The van der Waals surface area contributed by atoms with Crippen LogP contribution in [0.1, 0.15) is 0 Å². The van der Waals surface area contributed by atoms with E-state index in [0.717, 1.165) is 0 Å². The van der Waals surface area contributed by atoms with E-state index in [1.165, 1.54) is 10.9 Å². The number of carboxylic acid groups (broad SMARTS) is 1. The maximum absolute atomic E-state index is 10.6. The fraction of sp³-hybridized carbons (Fsp3) is 0.500. The van der Waals surface area contributed by atoms with Crippen molar-refractivity contribution in [3.05, 3.63) is 0 Å². The maximum atomic E-state index is 10.6. The molecule has 0 unspecified atom stereocenters. The molecule has 0 aliphatic carbocycles. The number of carbonyl (C=O) groups is 1. The Labute approximate surface area is 74.5 Å². The molecule has 0 saturated heterocycles. The van der Waals surface area contributed by atoms with Crippen LogP contribution < -0.4 is 0 Å². The number of alkyl halides is 3. The average molecular weight is 333 g/mol. The van der Waals surface area contributed by atoms with Crippen LogP contribution in [-0.4, -0.2) is 17.3 Å². The van der Waals surface area contributed by atoms with Crippen LogP contribution in [0, 0.1) is 0 Å². The molecule has 0 aliphatic rings. The van der Waals surface area contributed by atoms with Crippen molar-refractivity contribution in [1.82, 2.24) is 0 Å². The number of carboxylic acids is 1. The Morgan fingerprint density at radius 2 is 1.50 bits per heavy atom. The molecule has 10 heavy (non-hydrogen) atoms. The zero-order valence-corrected chi connectivity index (χ0v) is 8.22. The fourth-order valence-electron chi connectivity index (χ4n) is 0. The van der Waals surface area contributed by atoms with Crippen LogP contribution in [0.5, 0.6) is 0 Å². The van der Waals surface area contributed by atoms with E-state index in [-0.39, 0.29) is 0 Å². The summed E-state index contributed by atoms with van der Waals surface area (Å²) in [5.41, 5.74) is 0. The van der Waals surface area contributed by atoms with Gasteiger partial charge in [0.2, 0.25) is 0 Å². The van der Waals surface area contributed by atoms with E-state index >= 15 is 0 Å². The van der Waals surface area contributed by atoms with Crippen molar-refractivity contribution in [2.24, 2.45) is 0 Å². The SMILES string of the molecule is O=C(O)C(F)(F)F.[Br][Ni][Br]. The summed E-state index contributed by atoms with van der Waals surface area (Å²) >= 11 is 6.00. The molecule has 8 heteroatoms. The molecular weight excluding hydrogens is 332 g/mol. The first-order valence-corrected chi connectivity index (χ1v) is 6.37. The molecule has 0 aromatic carbocycles. The number of halogens is 5. The predicted molar refractivity (Wildman–Crippen MR) is 31.5 cm³/mol. The van der Waals surface area contributed by atoms with Crippen molar-refractivity contribution >= 4 is 34.4 Å². The molecule has 0 amide bonds. The third kappa shape index (κ3) is 11.5. The summed E-state index contributed by atoms with van der Waals surface area (Å²) in [6.45, 7) is 0. The Morgan fingerprint density at radius 3 is 1.50 bits per heavy atom. The molecule has 0 rings (SSSR count). The normalized spacial score (nSPS) is 10.1. The second-order valence-electron chi connectivity index (χ2n) is 0.848. The summed E-state index contributed by atoms with van der Waals surface area (Å²) in [7, 11) is 1.25. The monoisotopic (exact) mass is 330 g/mol. The van der Waals surface area contributed by atoms with Gasteiger partial charge in [-0.3, -0.25) is 0 Å². The minimum absolute atomic E-state index is 1.25. The van der Waals surface area contributed by atoms with Crippen LogP contribution in [0.3, 0.4) is 0 Å². The number of hydrogen-bond donors (Lipinski definition) is 1. The Balaban J connectivity index is 0. The molecule has 0 heterocycles. The van der Waals surface area contributed by atoms with Crippen LogP contribution in [0.2, 0.25) is 0 Å². The molecule has 0 radical (unpaired) electrons. The molecule has 1 N–H and O–H groups in total. The fourth-order valence-corrected chi connectivity index (χ4v) is 0. The summed E-state index contributed by atoms with van der Waals surface area (Å²) in [5.74, 6) is -2.76. The van der Waals surface area contributed by atoms with Gasteiger partial charge in [-0.15, -0.1) is 0 Å². The van der Waals surface area contributed by atoms with Crippen molar-refractivity contribution in [2.45, 2.75) is 6.18 Å². The molecule has 66 valence electrons. The van der Waals surface area contributed by atoms with Gasteiger partial charge in [-0.1, -0.05) is 0 Å². The van der Waals surface area contributed by atoms with Crippen molar-refractivity contribution < 1.29 is 34.0 Å². The summed E-state index contributed by atoms with van der Waals surface area (Å²) in [6.07, 6.45) is -5.08. The number of hydrogen-bond acceptors (Lipinski definition) is 1. The van der Waals surface area contributed by atoms with E-state index in [0.29, 0.717) is 0 Å². The van der Waals surface area contributed by atoms with Crippen molar-refractivity contribution in [1.29, 1.82) is 0 Å². The molecule has 0 aromatic rings. The molecule has 0 aliphatic heterocycles. The second-order valence-corrected chi connectivity index (χ2v) is 5.83. The van der Waals surface area contributed by atoms with Gasteiger partial charge < -0.3 is 5.11 Å². The molecule has 0 fully saturated rings. The Morgan fingerprint density at radius 1 is 1.40 bits per heavy atom. The van der Waals surface area contributed by atoms with Crippen LogP contribution >= 0.6 is 28.5 Å². The molecule has 0 spiro atoms. The Kier molecular flexibility index (Phi) is 8.55. The van der Waals surface area contributed by atoms with Crippen molar-refractivity contribution in [3.8, 4) is 0 Å². The van der Waals surface area contributed by atoms with Gasteiger partial charge in [-0.2, -0.15) is 13.2 Å². The average Bonchev–Trinajstić information content (AvgIpc) is 1.64. The van der Waals surface area contributed by atoms with E-state index in [1.54, 1.807) is 0 Å². The molecule has 2 nitrogen and oxygen atoms in total. The van der Waals surface area contributed by atoms with E-state index < -0.39 is 12.1 Å². The third-order valence-electron chi connectivity index (χ3n) is 0.243. The first-order chi connectivity index (χ1) is 4.36. The summed E-state index contributed by atoms with van der Waals surface area (Å²) < 4.78 is 31.7. The number of rotatable bonds is 0. The van der Waals surface area contributed by atoms with E-state index in [9.17, 15) is 13.2 Å². The van der Waals surface area contributed by atoms with Gasteiger partial charge in [0.15, 0.2) is 0 Å². The van der Waals surface area contributed by atoms with Crippen LogP contribution in [0.15, 0.2) is 0 Å². The van der Waals surface area contributed by atoms with E-state index in [1.807, 2.05) is 0 Å². The molecule has 0 aromatic heterocycles. The van der Waals surface area contributed by atoms with Crippen molar-refractivity contribution in [2.75, 3.05) is 0 Å². The summed E-state index contributed by atoms with van der Waals surface area (Å²) in [6, 6.07) is 0. The molecular formula is C2HBr2F3NiO2. The van der Waals surface area contributed by atoms with Crippen molar-refractivity contribution in [3.63, 3.8) is 0 Å². The predicted octanol–water partition coefficient (Wildman–Crippen LogP) is 2.32. The van der Waals surface area contributed by atoms with Gasteiger partial charge in [0.1, 0.15) is 0 Å². The van der Waals surface area contributed by atoms with Crippen LogP contribution in [0.25, 0.3) is 0 Å². The van der Waals surface area contributed by atoms with E-state index in [4.69, 9.17) is 9.90 Å². The van der Waals surface area contributed by atoms with Crippen LogP contribution in [-0.2, 0) is 15.7 Å². The minimum atomic E-state index is -5.08. The topological polar surface area (TPSA) is 37.3 Å². The Hall–Kier alpha value is 0.714. The molecule has 0 atom stereocenters. The van der Waals surface area contributed by atoms with Gasteiger partial charge in [0.05, 0.1) is 0 Å². The van der Waals surface area contributed by atoms with Gasteiger partial charge in [0, 0.05) is 0 Å². The van der Waals surface area contributed by atoms with Gasteiger partial charge in [0.25, 0.3) is 0 Å². The summed E-state index contributed by atoms with van der Waals surface area (Å²) in [5, 5.41) is 7.12. The van der Waals surface area contributed by atoms with E-state index in [2.05, 4.69) is 28.5 Å². The number of aliphatic carboxylic acids is 1. The third-order valence-corrected chi connectivity index (χ3v) is 0.243. The molecule has 0 bridgehead atoms. The zero-order valence-electron chi connectivity index (χ0n) is 4.06. The molecule has 0 saturated carbocycles.